The van der Waals surface area contributed by atoms with Crippen molar-refractivity contribution in [2.45, 2.75) is 59.3 Å². The van der Waals surface area contributed by atoms with E-state index in [0.29, 0.717) is 23.6 Å². The topological polar surface area (TPSA) is 55.6 Å². The summed E-state index contributed by atoms with van der Waals surface area (Å²) < 4.78 is 5.89. The van der Waals surface area contributed by atoms with Crippen LogP contribution in [-0.4, -0.2) is 42.0 Å². The van der Waals surface area contributed by atoms with Gasteiger partial charge in [-0.2, -0.15) is 0 Å². The summed E-state index contributed by atoms with van der Waals surface area (Å²) in [6.07, 6.45) is 7.30. The summed E-state index contributed by atoms with van der Waals surface area (Å²) in [6.45, 7) is 10.1. The summed E-state index contributed by atoms with van der Waals surface area (Å²) in [7, 11) is 0. The van der Waals surface area contributed by atoms with Gasteiger partial charge in [0.1, 0.15) is 5.75 Å². The predicted octanol–water partition coefficient (Wildman–Crippen LogP) is 5.22. The van der Waals surface area contributed by atoms with Crippen molar-refractivity contribution in [3.63, 3.8) is 0 Å². The number of ether oxygens (including phenoxy) is 1. The van der Waals surface area contributed by atoms with E-state index in [1.807, 2.05) is 0 Å². The van der Waals surface area contributed by atoms with Crippen LogP contribution in [0.5, 0.6) is 5.75 Å². The van der Waals surface area contributed by atoms with Gasteiger partial charge in [0.05, 0.1) is 12.2 Å². The van der Waals surface area contributed by atoms with E-state index in [0.717, 1.165) is 31.8 Å². The first-order chi connectivity index (χ1) is 12.6. The summed E-state index contributed by atoms with van der Waals surface area (Å²) in [5.41, 5.74) is 7.15. The maximum Gasteiger partial charge on any atom is 0.223 e. The summed E-state index contributed by atoms with van der Waals surface area (Å²) >= 11 is 1.36. The van der Waals surface area contributed by atoms with Crippen molar-refractivity contribution in [2.24, 2.45) is 0 Å². The van der Waals surface area contributed by atoms with E-state index in [1.165, 1.54) is 43.9 Å². The summed E-state index contributed by atoms with van der Waals surface area (Å²) in [5, 5.41) is 0.0649. The number of unbranched alkanes of at least 4 members (excludes halogenated alkanes) is 5. The number of hydrogen-bond donors (Lipinski definition) is 1. The predicted molar refractivity (Wildman–Crippen MR) is 114 cm³/mol. The Morgan fingerprint density at radius 3 is 2.46 bits per heavy atom. The van der Waals surface area contributed by atoms with Crippen LogP contribution in [0.25, 0.3) is 0 Å². The van der Waals surface area contributed by atoms with Crippen LogP contribution in [0, 0.1) is 0 Å². The van der Waals surface area contributed by atoms with Gasteiger partial charge in [0.25, 0.3) is 0 Å². The lowest BCUT2D eigenvalue weighted by Crippen LogP contribution is -2.25. The fourth-order valence-corrected chi connectivity index (χ4v) is 3.64. The lowest BCUT2D eigenvalue weighted by atomic mass is 10.1. The molecule has 0 spiro atoms. The molecule has 0 unspecified atom stereocenters. The largest absolute Gasteiger partial charge is 0.493 e. The molecule has 26 heavy (non-hydrogen) atoms. The Labute approximate surface area is 163 Å². The molecule has 0 aliphatic carbocycles. The van der Waals surface area contributed by atoms with Crippen LogP contribution in [0.3, 0.4) is 0 Å². The highest BCUT2D eigenvalue weighted by Gasteiger charge is 2.14. The van der Waals surface area contributed by atoms with E-state index in [2.05, 4.69) is 25.7 Å². The van der Waals surface area contributed by atoms with E-state index in [4.69, 9.17) is 10.5 Å². The van der Waals surface area contributed by atoms with Crippen LogP contribution in [0.4, 0.5) is 5.69 Å². The van der Waals surface area contributed by atoms with Crippen molar-refractivity contribution in [1.82, 2.24) is 4.90 Å². The van der Waals surface area contributed by atoms with Gasteiger partial charge < -0.3 is 15.4 Å². The van der Waals surface area contributed by atoms with Gasteiger partial charge in [-0.3, -0.25) is 4.79 Å². The molecular formula is C21H36N2O2S. The maximum atomic E-state index is 12.6. The molecule has 0 aliphatic rings. The lowest BCUT2D eigenvalue weighted by Gasteiger charge is -2.17. The van der Waals surface area contributed by atoms with Crippen molar-refractivity contribution in [1.29, 1.82) is 0 Å². The van der Waals surface area contributed by atoms with Crippen LogP contribution in [0.2, 0.25) is 0 Å². The molecule has 148 valence electrons. The highest BCUT2D eigenvalue weighted by molar-refractivity contribution is 8.14. The molecule has 2 N–H and O–H groups in total. The minimum Gasteiger partial charge on any atom is -0.493 e. The number of rotatable bonds is 14. The van der Waals surface area contributed by atoms with Crippen molar-refractivity contribution in [3.05, 3.63) is 23.8 Å². The molecule has 1 aromatic carbocycles. The third kappa shape index (κ3) is 8.95. The van der Waals surface area contributed by atoms with E-state index < -0.39 is 0 Å². The van der Waals surface area contributed by atoms with Gasteiger partial charge in [-0.05, 0) is 31.6 Å². The molecule has 0 aliphatic heterocycles. The molecule has 0 radical (unpaired) electrons. The second kappa shape index (κ2) is 13.9. The maximum absolute atomic E-state index is 12.6. The van der Waals surface area contributed by atoms with Crippen LogP contribution in [-0.2, 0) is 0 Å². The molecular weight excluding hydrogens is 344 g/mol. The first-order valence-electron chi connectivity index (χ1n) is 10.0. The van der Waals surface area contributed by atoms with E-state index in [1.54, 1.807) is 18.2 Å². The second-order valence-corrected chi connectivity index (χ2v) is 7.60. The Hall–Kier alpha value is -1.20. The smallest absolute Gasteiger partial charge is 0.223 e. The molecule has 0 amide bonds. The Balaban J connectivity index is 2.48. The van der Waals surface area contributed by atoms with Gasteiger partial charge in [-0.25, -0.2) is 0 Å². The number of hydrogen-bond acceptors (Lipinski definition) is 5. The molecule has 4 nitrogen and oxygen atoms in total. The highest BCUT2D eigenvalue weighted by atomic mass is 32.2. The average molecular weight is 381 g/mol. The number of benzene rings is 1. The van der Waals surface area contributed by atoms with Crippen molar-refractivity contribution >= 4 is 22.6 Å². The Bertz CT molecular complexity index is 519. The van der Waals surface area contributed by atoms with Crippen molar-refractivity contribution in [3.8, 4) is 5.75 Å². The molecule has 0 bridgehead atoms. The fourth-order valence-electron chi connectivity index (χ4n) is 2.78. The molecule has 1 aromatic rings. The Kier molecular flexibility index (Phi) is 12.2. The van der Waals surface area contributed by atoms with Gasteiger partial charge in [0.2, 0.25) is 5.12 Å². The zero-order valence-corrected chi connectivity index (χ0v) is 17.6. The number of nitrogen functional groups attached to an aromatic ring is 1. The van der Waals surface area contributed by atoms with Crippen LogP contribution >= 0.6 is 11.8 Å². The molecule has 1 rings (SSSR count). The Morgan fingerprint density at radius 2 is 1.77 bits per heavy atom. The number of nitrogens with two attached hydrogens (primary N) is 1. The standard InChI is InChI=1S/C21H36N2O2S/c1-4-7-8-9-10-11-15-25-20-17-18(22)12-13-19(20)21(24)26-16-14-23(5-2)6-3/h12-13,17H,4-11,14-16,22H2,1-3H3. The second-order valence-electron chi connectivity index (χ2n) is 6.53. The summed E-state index contributed by atoms with van der Waals surface area (Å²) in [5.74, 6) is 1.42. The number of nitrogens with zero attached hydrogens (tertiary/aromatic N) is 1. The number of thioether (sulfide) groups is 1. The average Bonchev–Trinajstić information content (AvgIpc) is 2.64. The zero-order valence-electron chi connectivity index (χ0n) is 16.8. The molecule has 0 heterocycles. The number of anilines is 1. The van der Waals surface area contributed by atoms with Gasteiger partial charge >= 0.3 is 0 Å². The van der Waals surface area contributed by atoms with Crippen LogP contribution < -0.4 is 10.5 Å². The minimum absolute atomic E-state index is 0.0649. The van der Waals surface area contributed by atoms with Crippen LogP contribution in [0.1, 0.15) is 69.7 Å². The number of carbonyl (C=O) groups excluding carboxylic acids is 1. The van der Waals surface area contributed by atoms with E-state index in [-0.39, 0.29) is 5.12 Å². The lowest BCUT2D eigenvalue weighted by molar-refractivity contribution is 0.108. The zero-order chi connectivity index (χ0) is 19.2. The third-order valence-electron chi connectivity index (χ3n) is 4.52. The normalized spacial score (nSPS) is 11.1. The van der Waals surface area contributed by atoms with Gasteiger partial charge in [-0.15, -0.1) is 0 Å². The first-order valence-corrected chi connectivity index (χ1v) is 11.0. The SMILES string of the molecule is CCCCCCCCOc1cc(N)ccc1C(=O)SCCN(CC)CC. The number of carbonyl (C=O) groups is 1. The van der Waals surface area contributed by atoms with Crippen LogP contribution in [0.15, 0.2) is 18.2 Å². The van der Waals surface area contributed by atoms with Gasteiger partial charge in [-0.1, -0.05) is 64.6 Å². The molecule has 0 saturated carbocycles. The molecule has 0 atom stereocenters. The quantitative estimate of drug-likeness (QED) is 0.354. The molecule has 5 heteroatoms. The highest BCUT2D eigenvalue weighted by Crippen LogP contribution is 2.26. The molecule has 0 saturated heterocycles. The van der Waals surface area contributed by atoms with Crippen molar-refractivity contribution < 1.29 is 9.53 Å². The molecule has 0 fully saturated rings. The Morgan fingerprint density at radius 1 is 1.08 bits per heavy atom. The van der Waals surface area contributed by atoms with E-state index in [9.17, 15) is 4.79 Å². The summed E-state index contributed by atoms with van der Waals surface area (Å²) in [6, 6.07) is 5.34. The van der Waals surface area contributed by atoms with Gasteiger partial charge in [0.15, 0.2) is 0 Å². The first kappa shape index (κ1) is 22.8. The van der Waals surface area contributed by atoms with E-state index >= 15 is 0 Å². The minimum atomic E-state index is 0.0649. The molecule has 0 aromatic heterocycles. The fraction of sp³-hybridized carbons (Fsp3) is 0.667. The monoisotopic (exact) mass is 380 g/mol. The summed E-state index contributed by atoms with van der Waals surface area (Å²) in [4.78, 5) is 14.9. The van der Waals surface area contributed by atoms with Gasteiger partial charge in [0, 0.05) is 24.1 Å². The van der Waals surface area contributed by atoms with Crippen molar-refractivity contribution in [2.75, 3.05) is 37.7 Å². The third-order valence-corrected chi connectivity index (χ3v) is 5.38.